The molecule has 6 heteroatoms. The molecule has 0 saturated heterocycles. The summed E-state index contributed by atoms with van der Waals surface area (Å²) in [6.45, 7) is 3.82. The van der Waals surface area contributed by atoms with Crippen LogP contribution < -0.4 is 10.2 Å². The van der Waals surface area contributed by atoms with Crippen LogP contribution in [-0.4, -0.2) is 28.5 Å². The van der Waals surface area contributed by atoms with Crippen molar-refractivity contribution in [2.24, 2.45) is 0 Å². The highest BCUT2D eigenvalue weighted by atomic mass is 32.1. The SMILES string of the molecule is Cc1c(C(=O)NC2CCCCC2)sc2ncnc(N3CCc4ccccc4C3)c12. The van der Waals surface area contributed by atoms with Crippen LogP contribution in [0.3, 0.4) is 0 Å². The van der Waals surface area contributed by atoms with Crippen LogP contribution in [0.2, 0.25) is 0 Å². The van der Waals surface area contributed by atoms with E-state index in [9.17, 15) is 4.79 Å². The number of benzene rings is 1. The number of amides is 1. The van der Waals surface area contributed by atoms with Crippen molar-refractivity contribution in [3.63, 3.8) is 0 Å². The first-order valence-corrected chi connectivity index (χ1v) is 11.4. The predicted molar refractivity (Wildman–Crippen MR) is 118 cm³/mol. The minimum absolute atomic E-state index is 0.0485. The molecule has 5 nitrogen and oxygen atoms in total. The Morgan fingerprint density at radius 2 is 1.93 bits per heavy atom. The van der Waals surface area contributed by atoms with Gasteiger partial charge in [-0.15, -0.1) is 11.3 Å². The van der Waals surface area contributed by atoms with Crippen LogP contribution >= 0.6 is 11.3 Å². The topological polar surface area (TPSA) is 58.1 Å². The van der Waals surface area contributed by atoms with E-state index in [2.05, 4.69) is 44.5 Å². The largest absolute Gasteiger partial charge is 0.351 e. The second-order valence-corrected chi connectivity index (χ2v) is 9.18. The molecular formula is C23H26N4OS. The van der Waals surface area contributed by atoms with E-state index in [0.717, 1.165) is 58.8 Å². The molecule has 0 spiro atoms. The van der Waals surface area contributed by atoms with Crippen molar-refractivity contribution in [3.8, 4) is 0 Å². The first kappa shape index (κ1) is 18.6. The van der Waals surface area contributed by atoms with Crippen LogP contribution in [0.1, 0.15) is 58.5 Å². The molecule has 150 valence electrons. The van der Waals surface area contributed by atoms with Gasteiger partial charge in [-0.25, -0.2) is 9.97 Å². The van der Waals surface area contributed by atoms with E-state index in [1.165, 1.54) is 41.7 Å². The summed E-state index contributed by atoms with van der Waals surface area (Å²) in [7, 11) is 0. The molecule has 1 fully saturated rings. The van der Waals surface area contributed by atoms with Crippen molar-refractivity contribution in [2.45, 2.75) is 58.0 Å². The minimum Gasteiger partial charge on any atom is -0.351 e. The molecular weight excluding hydrogens is 380 g/mol. The first-order chi connectivity index (χ1) is 14.2. The summed E-state index contributed by atoms with van der Waals surface area (Å²) >= 11 is 1.49. The third-order valence-corrected chi connectivity index (χ3v) is 7.48. The zero-order valence-electron chi connectivity index (χ0n) is 16.8. The predicted octanol–water partition coefficient (Wildman–Crippen LogP) is 4.62. The molecule has 0 bridgehead atoms. The number of aryl methyl sites for hydroxylation is 1. The third kappa shape index (κ3) is 3.50. The van der Waals surface area contributed by atoms with Gasteiger partial charge in [-0.05, 0) is 42.9 Å². The fraction of sp³-hybridized carbons (Fsp3) is 0.435. The highest BCUT2D eigenvalue weighted by Gasteiger charge is 2.25. The van der Waals surface area contributed by atoms with Crippen LogP contribution in [0.25, 0.3) is 10.2 Å². The third-order valence-electron chi connectivity index (χ3n) is 6.28. The fourth-order valence-corrected chi connectivity index (χ4v) is 5.73. The number of hydrogen-bond donors (Lipinski definition) is 1. The number of carbonyl (C=O) groups is 1. The van der Waals surface area contributed by atoms with Crippen molar-refractivity contribution in [1.82, 2.24) is 15.3 Å². The van der Waals surface area contributed by atoms with Crippen LogP contribution in [0, 0.1) is 6.92 Å². The molecule has 1 aliphatic heterocycles. The van der Waals surface area contributed by atoms with Crippen molar-refractivity contribution in [2.75, 3.05) is 11.4 Å². The van der Waals surface area contributed by atoms with Gasteiger partial charge >= 0.3 is 0 Å². The zero-order chi connectivity index (χ0) is 19.8. The number of aromatic nitrogens is 2. The summed E-state index contributed by atoms with van der Waals surface area (Å²) in [6, 6.07) is 8.93. The quantitative estimate of drug-likeness (QED) is 0.689. The fourth-order valence-electron chi connectivity index (χ4n) is 4.68. The lowest BCUT2D eigenvalue weighted by Gasteiger charge is -2.30. The summed E-state index contributed by atoms with van der Waals surface area (Å²) in [5, 5.41) is 4.29. The van der Waals surface area contributed by atoms with Crippen molar-refractivity contribution in [3.05, 3.63) is 52.2 Å². The van der Waals surface area contributed by atoms with Gasteiger partial charge < -0.3 is 10.2 Å². The molecule has 1 aromatic carbocycles. The lowest BCUT2D eigenvalue weighted by Crippen LogP contribution is -2.36. The summed E-state index contributed by atoms with van der Waals surface area (Å²) in [4.78, 5) is 26.1. The Morgan fingerprint density at radius 3 is 2.76 bits per heavy atom. The van der Waals surface area contributed by atoms with Gasteiger partial charge in [0.1, 0.15) is 17.0 Å². The summed E-state index contributed by atoms with van der Waals surface area (Å²) in [5.41, 5.74) is 3.78. The van der Waals surface area contributed by atoms with E-state index in [0.29, 0.717) is 6.04 Å². The van der Waals surface area contributed by atoms with Gasteiger partial charge in [-0.1, -0.05) is 43.5 Å². The van der Waals surface area contributed by atoms with Gasteiger partial charge in [0.25, 0.3) is 5.91 Å². The Balaban J connectivity index is 1.46. The van der Waals surface area contributed by atoms with E-state index in [1.54, 1.807) is 6.33 Å². The van der Waals surface area contributed by atoms with Gasteiger partial charge in [-0.2, -0.15) is 0 Å². The number of rotatable bonds is 3. The molecule has 2 aromatic heterocycles. The maximum Gasteiger partial charge on any atom is 0.261 e. The zero-order valence-corrected chi connectivity index (χ0v) is 17.6. The standard InChI is InChI=1S/C23H26N4OS/c1-15-19-21(27-12-11-16-7-5-6-8-17(16)13-27)24-14-25-23(19)29-20(15)22(28)26-18-9-3-2-4-10-18/h5-8,14,18H,2-4,9-13H2,1H3,(H,26,28). The highest BCUT2D eigenvalue weighted by molar-refractivity contribution is 7.20. The molecule has 29 heavy (non-hydrogen) atoms. The molecule has 1 aliphatic carbocycles. The summed E-state index contributed by atoms with van der Waals surface area (Å²) in [6.07, 6.45) is 8.54. The Kier molecular flexibility index (Phi) is 4.96. The lowest BCUT2D eigenvalue weighted by molar-refractivity contribution is 0.0931. The van der Waals surface area contributed by atoms with Crippen LogP contribution in [0.15, 0.2) is 30.6 Å². The molecule has 1 N–H and O–H groups in total. The van der Waals surface area contributed by atoms with Gasteiger partial charge in [0.2, 0.25) is 0 Å². The summed E-state index contributed by atoms with van der Waals surface area (Å²) < 4.78 is 0. The van der Waals surface area contributed by atoms with E-state index >= 15 is 0 Å². The van der Waals surface area contributed by atoms with Gasteiger partial charge in [0, 0.05) is 19.1 Å². The molecule has 0 radical (unpaired) electrons. The van der Waals surface area contributed by atoms with E-state index in [-0.39, 0.29) is 5.91 Å². The lowest BCUT2D eigenvalue weighted by atomic mass is 9.95. The van der Waals surface area contributed by atoms with Gasteiger partial charge in [-0.3, -0.25) is 4.79 Å². The summed E-state index contributed by atoms with van der Waals surface area (Å²) in [5.74, 6) is 1.00. The number of nitrogens with zero attached hydrogens (tertiary/aromatic N) is 3. The molecule has 0 atom stereocenters. The minimum atomic E-state index is 0.0485. The Hall–Kier alpha value is -2.47. The monoisotopic (exact) mass is 406 g/mol. The second kappa shape index (κ2) is 7.75. The Morgan fingerprint density at radius 1 is 1.14 bits per heavy atom. The molecule has 3 aromatic rings. The molecule has 2 aliphatic rings. The van der Waals surface area contributed by atoms with Crippen LogP contribution in [0.4, 0.5) is 5.82 Å². The second-order valence-electron chi connectivity index (χ2n) is 8.18. The molecule has 3 heterocycles. The van der Waals surface area contributed by atoms with Crippen molar-refractivity contribution in [1.29, 1.82) is 0 Å². The average Bonchev–Trinajstić information content (AvgIpc) is 3.11. The van der Waals surface area contributed by atoms with Crippen molar-refractivity contribution >= 4 is 33.3 Å². The first-order valence-electron chi connectivity index (χ1n) is 10.6. The average molecular weight is 407 g/mol. The Labute approximate surface area is 175 Å². The molecule has 0 unspecified atom stereocenters. The number of anilines is 1. The molecule has 1 amide bonds. The van der Waals surface area contributed by atoms with E-state index < -0.39 is 0 Å². The van der Waals surface area contributed by atoms with Crippen molar-refractivity contribution < 1.29 is 4.79 Å². The van der Waals surface area contributed by atoms with Gasteiger partial charge in [0.05, 0.1) is 10.3 Å². The number of thiophene rings is 1. The molecule has 5 rings (SSSR count). The number of hydrogen-bond acceptors (Lipinski definition) is 5. The normalized spacial score (nSPS) is 17.3. The number of nitrogens with one attached hydrogen (secondary N) is 1. The maximum absolute atomic E-state index is 13.0. The van der Waals surface area contributed by atoms with Crippen LogP contribution in [-0.2, 0) is 13.0 Å². The van der Waals surface area contributed by atoms with Gasteiger partial charge in [0.15, 0.2) is 0 Å². The smallest absolute Gasteiger partial charge is 0.261 e. The molecule has 1 saturated carbocycles. The van der Waals surface area contributed by atoms with E-state index in [1.807, 2.05) is 6.92 Å². The van der Waals surface area contributed by atoms with Crippen LogP contribution in [0.5, 0.6) is 0 Å². The highest BCUT2D eigenvalue weighted by Crippen LogP contribution is 2.36. The Bertz CT molecular complexity index is 1050. The number of carbonyl (C=O) groups excluding carboxylic acids is 1. The maximum atomic E-state index is 13.0. The van der Waals surface area contributed by atoms with E-state index in [4.69, 9.17) is 0 Å². The number of fused-ring (bicyclic) bond motifs is 2.